The van der Waals surface area contributed by atoms with Crippen LogP contribution >= 0.6 is 0 Å². The van der Waals surface area contributed by atoms with Gasteiger partial charge in [-0.3, -0.25) is 4.68 Å². The van der Waals surface area contributed by atoms with Crippen LogP contribution in [0.2, 0.25) is 0 Å². The molecule has 0 atom stereocenters. The summed E-state index contributed by atoms with van der Waals surface area (Å²) in [5.74, 6) is 0.701. The molecule has 7 nitrogen and oxygen atoms in total. The molecule has 2 aromatic heterocycles. The average Bonchev–Trinajstić information content (AvgIpc) is 3.48. The van der Waals surface area contributed by atoms with Gasteiger partial charge >= 0.3 is 0 Å². The smallest absolute Gasteiger partial charge is 0.217 e. The first-order valence-electron chi connectivity index (χ1n) is 12.7. The number of imidazole rings is 1. The molecule has 0 bridgehead atoms. The summed E-state index contributed by atoms with van der Waals surface area (Å²) < 4.78 is 14.5. The average molecular weight is 486 g/mol. The number of hydrogen-bond acceptors (Lipinski definition) is 5. The predicted molar refractivity (Wildman–Crippen MR) is 141 cm³/mol. The Morgan fingerprint density at radius 1 is 1.00 bits per heavy atom. The van der Waals surface area contributed by atoms with Crippen LogP contribution in [-0.4, -0.2) is 46.1 Å². The van der Waals surface area contributed by atoms with Gasteiger partial charge in [-0.25, -0.2) is 4.98 Å². The lowest BCUT2D eigenvalue weighted by Crippen LogP contribution is -2.44. The fraction of sp³-hybridized carbons (Fsp3) is 0.379. The highest BCUT2D eigenvalue weighted by atomic mass is 16.7. The molecule has 7 heteroatoms. The molecule has 1 saturated heterocycles. The number of aromatic amines is 1. The first kappa shape index (κ1) is 24.4. The summed E-state index contributed by atoms with van der Waals surface area (Å²) in [5.41, 5.74) is 6.21. The van der Waals surface area contributed by atoms with Crippen molar-refractivity contribution in [2.45, 2.75) is 40.0 Å². The van der Waals surface area contributed by atoms with E-state index in [4.69, 9.17) is 14.5 Å². The lowest BCUT2D eigenvalue weighted by Gasteiger charge is -2.36. The molecule has 188 valence electrons. The van der Waals surface area contributed by atoms with Crippen molar-refractivity contribution in [1.82, 2.24) is 25.1 Å². The number of H-pyrrole nitrogens is 1. The lowest BCUT2D eigenvalue weighted by molar-refractivity contribution is -0.232. The third-order valence-electron chi connectivity index (χ3n) is 6.60. The van der Waals surface area contributed by atoms with E-state index < -0.39 is 6.29 Å². The summed E-state index contributed by atoms with van der Waals surface area (Å²) in [7, 11) is 0. The summed E-state index contributed by atoms with van der Waals surface area (Å²) in [6.45, 7) is 10.2. The number of aromatic nitrogens is 4. The molecule has 1 fully saturated rings. The van der Waals surface area contributed by atoms with E-state index in [1.165, 1.54) is 5.69 Å². The van der Waals surface area contributed by atoms with Crippen LogP contribution in [0, 0.1) is 19.3 Å². The molecule has 0 saturated carbocycles. The summed E-state index contributed by atoms with van der Waals surface area (Å²) in [6.07, 6.45) is 0.517. The second kappa shape index (κ2) is 10.8. The van der Waals surface area contributed by atoms with E-state index in [9.17, 15) is 0 Å². The van der Waals surface area contributed by atoms with Gasteiger partial charge in [-0.1, -0.05) is 67.6 Å². The van der Waals surface area contributed by atoms with Gasteiger partial charge in [-0.05, 0) is 32.9 Å². The molecule has 2 N–H and O–H groups in total. The summed E-state index contributed by atoms with van der Waals surface area (Å²) in [5, 5.41) is 8.11. The quantitative estimate of drug-likeness (QED) is 0.315. The SMILES string of the molecule is Cc1cc(C)n(CCCNC[C@]2(C)CO[C@H](c3nc(-c4ccccc4)c(-c4ccccc4)[nH]3)OC2)n1. The predicted octanol–water partition coefficient (Wildman–Crippen LogP) is 5.29. The third kappa shape index (κ3) is 5.59. The molecule has 0 spiro atoms. The van der Waals surface area contributed by atoms with E-state index in [0.29, 0.717) is 19.0 Å². The van der Waals surface area contributed by atoms with Gasteiger partial charge in [0.1, 0.15) is 0 Å². The van der Waals surface area contributed by atoms with Crippen molar-refractivity contribution < 1.29 is 9.47 Å². The van der Waals surface area contributed by atoms with Gasteiger partial charge in [0.2, 0.25) is 6.29 Å². The molecule has 36 heavy (non-hydrogen) atoms. The van der Waals surface area contributed by atoms with Crippen LogP contribution in [-0.2, 0) is 16.0 Å². The van der Waals surface area contributed by atoms with Crippen LogP contribution in [0.25, 0.3) is 22.5 Å². The van der Waals surface area contributed by atoms with Crippen LogP contribution in [0.4, 0.5) is 0 Å². The van der Waals surface area contributed by atoms with Crippen LogP contribution < -0.4 is 5.32 Å². The van der Waals surface area contributed by atoms with Gasteiger partial charge < -0.3 is 19.8 Å². The Bertz CT molecular complexity index is 1200. The molecule has 0 amide bonds. The van der Waals surface area contributed by atoms with E-state index >= 15 is 0 Å². The molecule has 0 aliphatic carbocycles. The third-order valence-corrected chi connectivity index (χ3v) is 6.60. The molecule has 4 aromatic rings. The second-order valence-electron chi connectivity index (χ2n) is 10.0. The molecule has 5 rings (SSSR count). The second-order valence-corrected chi connectivity index (χ2v) is 10.0. The van der Waals surface area contributed by atoms with Gasteiger partial charge in [0.25, 0.3) is 0 Å². The van der Waals surface area contributed by atoms with E-state index in [1.807, 2.05) is 43.3 Å². The Labute approximate surface area is 212 Å². The zero-order valence-electron chi connectivity index (χ0n) is 21.3. The molecule has 1 aliphatic heterocycles. The first-order valence-corrected chi connectivity index (χ1v) is 12.7. The highest BCUT2D eigenvalue weighted by Crippen LogP contribution is 2.35. The minimum atomic E-state index is -0.510. The Morgan fingerprint density at radius 3 is 2.31 bits per heavy atom. The lowest BCUT2D eigenvalue weighted by atomic mass is 9.92. The maximum atomic E-state index is 6.19. The maximum Gasteiger partial charge on any atom is 0.217 e. The molecular formula is C29H35N5O2. The number of nitrogens with zero attached hydrogens (tertiary/aromatic N) is 3. The van der Waals surface area contributed by atoms with E-state index in [-0.39, 0.29) is 5.41 Å². The van der Waals surface area contributed by atoms with E-state index in [0.717, 1.165) is 54.3 Å². The maximum absolute atomic E-state index is 6.19. The highest BCUT2D eigenvalue weighted by Gasteiger charge is 2.35. The van der Waals surface area contributed by atoms with Crippen molar-refractivity contribution in [2.24, 2.45) is 5.41 Å². The minimum Gasteiger partial charge on any atom is -0.345 e. The van der Waals surface area contributed by atoms with Gasteiger partial charge in [0.15, 0.2) is 5.82 Å². The van der Waals surface area contributed by atoms with Gasteiger partial charge in [-0.2, -0.15) is 5.10 Å². The molecule has 3 heterocycles. The number of hydrogen-bond donors (Lipinski definition) is 2. The summed E-state index contributed by atoms with van der Waals surface area (Å²) in [4.78, 5) is 8.41. The van der Waals surface area contributed by atoms with Crippen LogP contribution in [0.5, 0.6) is 0 Å². The fourth-order valence-electron chi connectivity index (χ4n) is 4.67. The normalized spacial score (nSPS) is 20.0. The Morgan fingerprint density at radius 2 is 1.67 bits per heavy atom. The van der Waals surface area contributed by atoms with Crippen molar-refractivity contribution in [1.29, 1.82) is 0 Å². The summed E-state index contributed by atoms with van der Waals surface area (Å²) >= 11 is 0. The van der Waals surface area contributed by atoms with Crippen LogP contribution in [0.15, 0.2) is 66.7 Å². The molecule has 0 radical (unpaired) electrons. The number of benzene rings is 2. The van der Waals surface area contributed by atoms with Crippen molar-refractivity contribution >= 4 is 0 Å². The fourth-order valence-corrected chi connectivity index (χ4v) is 4.67. The number of rotatable bonds is 9. The van der Waals surface area contributed by atoms with Gasteiger partial charge in [-0.15, -0.1) is 0 Å². The van der Waals surface area contributed by atoms with Crippen LogP contribution in [0.1, 0.15) is 36.8 Å². The van der Waals surface area contributed by atoms with E-state index in [2.05, 4.69) is 64.3 Å². The number of aryl methyl sites for hydroxylation is 3. The van der Waals surface area contributed by atoms with E-state index in [1.54, 1.807) is 0 Å². The Balaban J connectivity index is 1.19. The largest absolute Gasteiger partial charge is 0.345 e. The van der Waals surface area contributed by atoms with Crippen molar-refractivity contribution in [3.63, 3.8) is 0 Å². The van der Waals surface area contributed by atoms with Crippen molar-refractivity contribution in [2.75, 3.05) is 26.3 Å². The summed E-state index contributed by atoms with van der Waals surface area (Å²) in [6, 6.07) is 22.6. The van der Waals surface area contributed by atoms with Crippen LogP contribution in [0.3, 0.4) is 0 Å². The van der Waals surface area contributed by atoms with Crippen molar-refractivity contribution in [3.8, 4) is 22.5 Å². The first-order chi connectivity index (χ1) is 17.5. The van der Waals surface area contributed by atoms with Crippen molar-refractivity contribution in [3.05, 3.63) is 83.9 Å². The van der Waals surface area contributed by atoms with Gasteiger partial charge in [0, 0.05) is 35.3 Å². The Kier molecular flexibility index (Phi) is 7.32. The monoisotopic (exact) mass is 485 g/mol. The molecule has 1 aliphatic rings. The zero-order valence-corrected chi connectivity index (χ0v) is 21.3. The molecular weight excluding hydrogens is 450 g/mol. The zero-order chi connectivity index (χ0) is 25.0. The van der Waals surface area contributed by atoms with Gasteiger partial charge in [0.05, 0.1) is 30.3 Å². The molecule has 2 aromatic carbocycles. The topological polar surface area (TPSA) is 77.0 Å². The number of nitrogens with one attached hydrogen (secondary N) is 2. The number of ether oxygens (including phenoxy) is 2. The highest BCUT2D eigenvalue weighted by molar-refractivity contribution is 5.78. The standard InChI is InChI=1S/C29H35N5O2/c1-21-17-22(2)34(33-21)16-10-15-30-18-29(3)19-35-28(36-20-29)27-31-25(23-11-6-4-7-12-23)26(32-27)24-13-8-5-9-14-24/h4-9,11-14,17,28,30H,10,15-16,18-20H2,1-3H3,(H,31,32)/t28-,29+. The minimum absolute atomic E-state index is 0.0915. The molecule has 0 unspecified atom stereocenters. The Hall–Kier alpha value is -3.26.